The number of ether oxygens (including phenoxy) is 2. The Bertz CT molecular complexity index is 1060. The van der Waals surface area contributed by atoms with Crippen LogP contribution in [0.2, 0.25) is 0 Å². The van der Waals surface area contributed by atoms with Crippen molar-refractivity contribution in [3.05, 3.63) is 47.4 Å². The Morgan fingerprint density at radius 2 is 2.06 bits per heavy atom. The summed E-state index contributed by atoms with van der Waals surface area (Å²) in [6.45, 7) is 8.19. The van der Waals surface area contributed by atoms with Gasteiger partial charge in [0.05, 0.1) is 30.7 Å². The molecule has 4 rings (SSSR count). The average molecular weight is 443 g/mol. The number of hydrogen-bond acceptors (Lipinski definition) is 7. The van der Waals surface area contributed by atoms with Crippen molar-refractivity contribution in [3.8, 4) is 16.9 Å². The number of halogens is 1. The van der Waals surface area contributed by atoms with E-state index in [1.165, 1.54) is 11.7 Å². The molecule has 0 bridgehead atoms. The van der Waals surface area contributed by atoms with Gasteiger partial charge < -0.3 is 19.3 Å². The molecular formula is C22H26FN5O4. The fraction of sp³-hybridized carbons (Fsp3) is 0.409. The lowest BCUT2D eigenvalue weighted by molar-refractivity contribution is 0.0323. The summed E-state index contributed by atoms with van der Waals surface area (Å²) in [7, 11) is 1.51. The molecule has 0 saturated carbocycles. The molecule has 1 aromatic carbocycles. The van der Waals surface area contributed by atoms with E-state index < -0.39 is 11.7 Å². The van der Waals surface area contributed by atoms with Crippen LogP contribution >= 0.6 is 0 Å². The summed E-state index contributed by atoms with van der Waals surface area (Å²) in [6, 6.07) is 5.29. The molecule has 1 amide bonds. The van der Waals surface area contributed by atoms with Gasteiger partial charge in [-0.2, -0.15) is 5.10 Å². The summed E-state index contributed by atoms with van der Waals surface area (Å²) in [5.74, 6) is 0.0197. The van der Waals surface area contributed by atoms with Gasteiger partial charge in [0, 0.05) is 37.9 Å². The first-order valence-corrected chi connectivity index (χ1v) is 10.4. The van der Waals surface area contributed by atoms with Crippen LogP contribution in [0, 0.1) is 19.7 Å². The van der Waals surface area contributed by atoms with Crippen molar-refractivity contribution in [2.45, 2.75) is 13.8 Å². The second-order valence-corrected chi connectivity index (χ2v) is 7.63. The van der Waals surface area contributed by atoms with E-state index >= 15 is 0 Å². The van der Waals surface area contributed by atoms with E-state index in [2.05, 4.69) is 20.5 Å². The van der Waals surface area contributed by atoms with Crippen LogP contribution in [-0.4, -0.2) is 65.2 Å². The smallest absolute Gasteiger partial charge is 0.276 e. The highest BCUT2D eigenvalue weighted by Crippen LogP contribution is 2.36. The van der Waals surface area contributed by atoms with Crippen molar-refractivity contribution in [3.63, 3.8) is 0 Å². The molecule has 0 aliphatic carbocycles. The van der Waals surface area contributed by atoms with Crippen molar-refractivity contribution in [2.75, 3.05) is 44.8 Å². The van der Waals surface area contributed by atoms with Gasteiger partial charge >= 0.3 is 0 Å². The van der Waals surface area contributed by atoms with Crippen LogP contribution in [-0.2, 0) is 11.8 Å². The second-order valence-electron chi connectivity index (χ2n) is 7.63. The van der Waals surface area contributed by atoms with Gasteiger partial charge in [0.15, 0.2) is 11.5 Å². The third-order valence-electron chi connectivity index (χ3n) is 5.42. The first kappa shape index (κ1) is 22.0. The molecule has 1 aliphatic heterocycles. The molecule has 0 radical (unpaired) electrons. The van der Waals surface area contributed by atoms with Gasteiger partial charge in [-0.3, -0.25) is 14.4 Å². The van der Waals surface area contributed by atoms with E-state index in [0.717, 1.165) is 50.2 Å². The first-order chi connectivity index (χ1) is 15.4. The molecular weight excluding hydrogens is 417 g/mol. The molecule has 32 heavy (non-hydrogen) atoms. The van der Waals surface area contributed by atoms with Crippen LogP contribution in [0.1, 0.15) is 21.9 Å². The fourth-order valence-electron chi connectivity index (χ4n) is 3.76. The van der Waals surface area contributed by atoms with Crippen LogP contribution < -0.4 is 10.1 Å². The highest BCUT2D eigenvalue weighted by molar-refractivity contribution is 6.03. The first-order valence-electron chi connectivity index (χ1n) is 10.4. The van der Waals surface area contributed by atoms with Crippen LogP contribution in [0.4, 0.5) is 10.1 Å². The summed E-state index contributed by atoms with van der Waals surface area (Å²) in [6.07, 6.45) is 1.01. The largest absolute Gasteiger partial charge is 0.492 e. The maximum atomic E-state index is 13.9. The Labute approximate surface area is 185 Å². The van der Waals surface area contributed by atoms with E-state index in [9.17, 15) is 9.18 Å². The van der Waals surface area contributed by atoms with Crippen molar-refractivity contribution in [1.29, 1.82) is 0 Å². The minimum atomic E-state index is -0.681. The van der Waals surface area contributed by atoms with E-state index in [-0.39, 0.29) is 5.69 Å². The van der Waals surface area contributed by atoms with Gasteiger partial charge in [0.1, 0.15) is 18.1 Å². The summed E-state index contributed by atoms with van der Waals surface area (Å²) in [5, 5.41) is 10.5. The number of amides is 1. The second kappa shape index (κ2) is 9.49. The maximum Gasteiger partial charge on any atom is 0.276 e. The number of carbonyl (C=O) groups is 1. The number of anilines is 1. The lowest BCUT2D eigenvalue weighted by Gasteiger charge is -2.26. The zero-order valence-corrected chi connectivity index (χ0v) is 18.4. The van der Waals surface area contributed by atoms with Crippen LogP contribution in [0.3, 0.4) is 0 Å². The Balaban J connectivity index is 1.57. The lowest BCUT2D eigenvalue weighted by atomic mass is 10.0. The van der Waals surface area contributed by atoms with Crippen molar-refractivity contribution in [1.82, 2.24) is 19.8 Å². The van der Waals surface area contributed by atoms with Gasteiger partial charge in [0.2, 0.25) is 0 Å². The standard InChI is InChI=1S/C22H26FN5O4/c1-14-20(15(2)32-26-14)17-12-16(25-22(29)21-18(23)13-24-27(21)3)4-5-19(17)31-11-8-28-6-9-30-10-7-28/h4-5,12-13H,6-11H2,1-3H3,(H,25,29). The van der Waals surface area contributed by atoms with Gasteiger partial charge in [-0.15, -0.1) is 0 Å². The number of hydrogen-bond donors (Lipinski definition) is 1. The number of nitrogens with one attached hydrogen (secondary N) is 1. The third kappa shape index (κ3) is 4.66. The third-order valence-corrected chi connectivity index (χ3v) is 5.42. The molecule has 0 atom stereocenters. The number of carbonyl (C=O) groups excluding carboxylic acids is 1. The minimum absolute atomic E-state index is 0.144. The Morgan fingerprint density at radius 3 is 2.72 bits per heavy atom. The molecule has 1 fully saturated rings. The summed E-state index contributed by atoms with van der Waals surface area (Å²) in [5.41, 5.74) is 2.60. The molecule has 9 nitrogen and oxygen atoms in total. The van der Waals surface area contributed by atoms with Crippen LogP contribution in [0.5, 0.6) is 5.75 Å². The summed E-state index contributed by atoms with van der Waals surface area (Å²) < 4.78 is 32.0. The maximum absolute atomic E-state index is 13.9. The number of aromatic nitrogens is 3. The van der Waals surface area contributed by atoms with Crippen LogP contribution in [0.15, 0.2) is 28.9 Å². The monoisotopic (exact) mass is 443 g/mol. The summed E-state index contributed by atoms with van der Waals surface area (Å²) in [4.78, 5) is 14.9. The number of nitrogens with zero attached hydrogens (tertiary/aromatic N) is 4. The van der Waals surface area contributed by atoms with Gasteiger partial charge in [-0.25, -0.2) is 4.39 Å². The van der Waals surface area contributed by atoms with Gasteiger partial charge in [-0.1, -0.05) is 5.16 Å². The highest BCUT2D eigenvalue weighted by atomic mass is 19.1. The SMILES string of the molecule is Cc1noc(C)c1-c1cc(NC(=O)c2c(F)cnn2C)ccc1OCCN1CCOCC1. The predicted octanol–water partition coefficient (Wildman–Crippen LogP) is 2.79. The lowest BCUT2D eigenvalue weighted by Crippen LogP contribution is -2.38. The number of aryl methyl sites for hydroxylation is 3. The molecule has 2 aromatic heterocycles. The molecule has 1 saturated heterocycles. The number of morpholine rings is 1. The molecule has 0 spiro atoms. The fourth-order valence-corrected chi connectivity index (χ4v) is 3.76. The van der Waals surface area contributed by atoms with Gasteiger partial charge in [0.25, 0.3) is 5.91 Å². The van der Waals surface area contributed by atoms with E-state index in [1.54, 1.807) is 18.2 Å². The Hall–Kier alpha value is -3.24. The molecule has 170 valence electrons. The molecule has 3 aromatic rings. The average Bonchev–Trinajstić information content (AvgIpc) is 3.29. The number of rotatable bonds is 7. The molecule has 3 heterocycles. The van der Waals surface area contributed by atoms with Crippen LogP contribution in [0.25, 0.3) is 11.1 Å². The van der Waals surface area contributed by atoms with E-state index in [4.69, 9.17) is 14.0 Å². The minimum Gasteiger partial charge on any atom is -0.492 e. The van der Waals surface area contributed by atoms with E-state index in [1.807, 2.05) is 13.8 Å². The normalized spacial score (nSPS) is 14.5. The van der Waals surface area contributed by atoms with Gasteiger partial charge in [-0.05, 0) is 32.0 Å². The van der Waals surface area contributed by atoms with Crippen molar-refractivity contribution in [2.24, 2.45) is 7.05 Å². The molecule has 0 unspecified atom stereocenters. The molecule has 10 heteroatoms. The molecule has 1 aliphatic rings. The zero-order valence-electron chi connectivity index (χ0n) is 18.4. The van der Waals surface area contributed by atoms with Crippen molar-refractivity contribution >= 4 is 11.6 Å². The van der Waals surface area contributed by atoms with E-state index in [0.29, 0.717) is 29.5 Å². The zero-order chi connectivity index (χ0) is 22.7. The summed E-state index contributed by atoms with van der Waals surface area (Å²) >= 11 is 0. The quantitative estimate of drug-likeness (QED) is 0.600. The Morgan fingerprint density at radius 1 is 1.28 bits per heavy atom. The topological polar surface area (TPSA) is 94.7 Å². The highest BCUT2D eigenvalue weighted by Gasteiger charge is 2.20. The van der Waals surface area contributed by atoms with Crippen molar-refractivity contribution < 1.29 is 23.2 Å². The predicted molar refractivity (Wildman–Crippen MR) is 115 cm³/mol. The number of benzene rings is 1. The Kier molecular flexibility index (Phi) is 6.52. The molecule has 1 N–H and O–H groups in total.